The van der Waals surface area contributed by atoms with Crippen LogP contribution in [0.3, 0.4) is 0 Å². The minimum Gasteiger partial charge on any atom is -0.334 e. The lowest BCUT2D eigenvalue weighted by Gasteiger charge is -2.38. The topological polar surface area (TPSA) is 89.9 Å². The molecular weight excluding hydrogens is 351 g/mol. The second kappa shape index (κ2) is 8.96. The van der Waals surface area contributed by atoms with E-state index in [4.69, 9.17) is 5.73 Å². The van der Waals surface area contributed by atoms with Crippen molar-refractivity contribution in [1.82, 2.24) is 24.6 Å². The fourth-order valence-electron chi connectivity index (χ4n) is 2.90. The first kappa shape index (κ1) is 20.3. The molecule has 3 heterocycles. The van der Waals surface area contributed by atoms with Crippen molar-refractivity contribution in [3.05, 3.63) is 36.5 Å². The van der Waals surface area contributed by atoms with Crippen LogP contribution in [-0.2, 0) is 0 Å². The number of carbonyl (C=O) groups is 1. The lowest BCUT2D eigenvalue weighted by atomic mass is 9.96. The molecule has 0 aromatic carbocycles. The zero-order valence-electron chi connectivity index (χ0n) is 13.4. The average molecular weight is 373 g/mol. The van der Waals surface area contributed by atoms with Crippen LogP contribution in [0.15, 0.2) is 31.0 Å². The maximum absolute atomic E-state index is 12.7. The van der Waals surface area contributed by atoms with E-state index in [9.17, 15) is 4.79 Å². The monoisotopic (exact) mass is 372 g/mol. The molecule has 1 fully saturated rings. The summed E-state index contributed by atoms with van der Waals surface area (Å²) in [4.78, 5) is 22.8. The molecule has 3 rings (SSSR count). The molecule has 24 heavy (non-hydrogen) atoms. The highest BCUT2D eigenvalue weighted by Crippen LogP contribution is 2.21. The van der Waals surface area contributed by atoms with Crippen LogP contribution < -0.4 is 5.73 Å². The quantitative estimate of drug-likeness (QED) is 0.887. The molecule has 0 spiro atoms. The van der Waals surface area contributed by atoms with E-state index in [2.05, 4.69) is 15.1 Å². The van der Waals surface area contributed by atoms with Crippen molar-refractivity contribution in [3.63, 3.8) is 0 Å². The van der Waals surface area contributed by atoms with Crippen molar-refractivity contribution in [2.75, 3.05) is 6.54 Å². The van der Waals surface area contributed by atoms with Crippen LogP contribution in [-0.4, -0.2) is 49.2 Å². The molecule has 2 atom stereocenters. The Morgan fingerprint density at radius 2 is 2.12 bits per heavy atom. The van der Waals surface area contributed by atoms with Crippen molar-refractivity contribution < 1.29 is 4.79 Å². The Bertz CT molecular complexity index is 632. The van der Waals surface area contributed by atoms with Gasteiger partial charge in [0.25, 0.3) is 5.91 Å². The fourth-order valence-corrected chi connectivity index (χ4v) is 2.90. The number of hydrogen-bond donors (Lipinski definition) is 1. The second-order valence-corrected chi connectivity index (χ2v) is 5.67. The number of nitrogens with zero attached hydrogens (tertiary/aromatic N) is 5. The van der Waals surface area contributed by atoms with Gasteiger partial charge in [-0.25, -0.2) is 14.6 Å². The van der Waals surface area contributed by atoms with Crippen LogP contribution in [0.5, 0.6) is 0 Å². The van der Waals surface area contributed by atoms with E-state index in [0.29, 0.717) is 11.4 Å². The van der Waals surface area contributed by atoms with E-state index in [1.807, 2.05) is 11.8 Å². The molecule has 132 valence electrons. The maximum atomic E-state index is 12.7. The summed E-state index contributed by atoms with van der Waals surface area (Å²) in [5, 5.41) is 4.02. The molecule has 0 saturated carbocycles. The van der Waals surface area contributed by atoms with Crippen LogP contribution in [0.4, 0.5) is 0 Å². The Morgan fingerprint density at radius 3 is 2.71 bits per heavy atom. The van der Waals surface area contributed by atoms with Crippen LogP contribution in [0.1, 0.15) is 36.5 Å². The molecule has 1 saturated heterocycles. The van der Waals surface area contributed by atoms with Crippen LogP contribution in [0, 0.1) is 0 Å². The molecule has 1 aliphatic heterocycles. The average Bonchev–Trinajstić information content (AvgIpc) is 3.09. The SMILES string of the molecule is CC(N)C1CCCCN1C(=O)c1ccc(-n2cncn2)nc1.Cl.Cl. The van der Waals surface area contributed by atoms with Crippen LogP contribution in [0.2, 0.25) is 0 Å². The summed E-state index contributed by atoms with van der Waals surface area (Å²) in [6, 6.07) is 3.63. The number of carbonyl (C=O) groups excluding carboxylic acids is 1. The molecule has 9 heteroatoms. The molecule has 2 N–H and O–H groups in total. The molecule has 2 aromatic heterocycles. The summed E-state index contributed by atoms with van der Waals surface area (Å²) in [5.74, 6) is 0.635. The van der Waals surface area contributed by atoms with Gasteiger partial charge in [-0.15, -0.1) is 24.8 Å². The Labute approximate surface area is 153 Å². The number of nitrogens with two attached hydrogens (primary N) is 1. The number of hydrogen-bond acceptors (Lipinski definition) is 5. The summed E-state index contributed by atoms with van der Waals surface area (Å²) >= 11 is 0. The highest BCUT2D eigenvalue weighted by molar-refractivity contribution is 5.94. The number of likely N-dealkylation sites (tertiary alicyclic amines) is 1. The third kappa shape index (κ3) is 4.23. The number of piperidine rings is 1. The second-order valence-electron chi connectivity index (χ2n) is 5.67. The minimum absolute atomic E-state index is 0. The van der Waals surface area contributed by atoms with E-state index in [0.717, 1.165) is 25.8 Å². The lowest BCUT2D eigenvalue weighted by molar-refractivity contribution is 0.0583. The van der Waals surface area contributed by atoms with Gasteiger partial charge in [-0.05, 0) is 38.3 Å². The summed E-state index contributed by atoms with van der Waals surface area (Å²) in [5.41, 5.74) is 6.61. The van der Waals surface area contributed by atoms with Gasteiger partial charge in [0, 0.05) is 24.8 Å². The number of amides is 1. The molecule has 2 aromatic rings. The first-order valence-electron chi connectivity index (χ1n) is 7.54. The van der Waals surface area contributed by atoms with Crippen molar-refractivity contribution in [3.8, 4) is 5.82 Å². The zero-order chi connectivity index (χ0) is 15.5. The first-order valence-corrected chi connectivity index (χ1v) is 7.54. The summed E-state index contributed by atoms with van der Waals surface area (Å²) in [6.45, 7) is 2.72. The number of halogens is 2. The van der Waals surface area contributed by atoms with E-state index < -0.39 is 0 Å². The Balaban J connectivity index is 0.00000144. The van der Waals surface area contributed by atoms with Gasteiger partial charge in [0.05, 0.1) is 5.56 Å². The van der Waals surface area contributed by atoms with Crippen molar-refractivity contribution >= 4 is 30.7 Å². The lowest BCUT2D eigenvalue weighted by Crippen LogP contribution is -2.51. The molecule has 0 bridgehead atoms. The maximum Gasteiger partial charge on any atom is 0.255 e. The van der Waals surface area contributed by atoms with E-state index in [1.165, 1.54) is 6.33 Å². The smallest absolute Gasteiger partial charge is 0.255 e. The summed E-state index contributed by atoms with van der Waals surface area (Å²) in [6.07, 6.45) is 7.72. The van der Waals surface area contributed by atoms with Gasteiger partial charge in [0.1, 0.15) is 12.7 Å². The molecule has 0 aliphatic carbocycles. The van der Waals surface area contributed by atoms with E-state index in [1.54, 1.807) is 29.3 Å². The van der Waals surface area contributed by atoms with Gasteiger partial charge >= 0.3 is 0 Å². The van der Waals surface area contributed by atoms with E-state index in [-0.39, 0.29) is 42.8 Å². The predicted octanol–water partition coefficient (Wildman–Crippen LogP) is 1.85. The zero-order valence-corrected chi connectivity index (χ0v) is 15.0. The molecule has 7 nitrogen and oxygen atoms in total. The van der Waals surface area contributed by atoms with Crippen molar-refractivity contribution in [1.29, 1.82) is 0 Å². The Kier molecular flexibility index (Phi) is 7.59. The fraction of sp³-hybridized carbons (Fsp3) is 0.467. The third-order valence-electron chi connectivity index (χ3n) is 4.07. The van der Waals surface area contributed by atoms with Gasteiger partial charge in [-0.3, -0.25) is 4.79 Å². The number of pyridine rings is 1. The largest absolute Gasteiger partial charge is 0.334 e. The molecular formula is C15H22Cl2N6O. The highest BCUT2D eigenvalue weighted by atomic mass is 35.5. The highest BCUT2D eigenvalue weighted by Gasteiger charge is 2.29. The van der Waals surface area contributed by atoms with Gasteiger partial charge in [0.15, 0.2) is 5.82 Å². The van der Waals surface area contributed by atoms with Gasteiger partial charge in [-0.2, -0.15) is 5.10 Å². The van der Waals surface area contributed by atoms with Crippen LogP contribution >= 0.6 is 24.8 Å². The van der Waals surface area contributed by atoms with Crippen LogP contribution in [0.25, 0.3) is 5.82 Å². The normalized spacial score (nSPS) is 18.2. The Hall–Kier alpha value is -1.70. The summed E-state index contributed by atoms with van der Waals surface area (Å²) < 4.78 is 1.56. The standard InChI is InChI=1S/C15H20N6O.2ClH/c1-11(16)13-4-2-3-7-20(13)15(22)12-5-6-14(18-8-12)21-10-17-9-19-21;;/h5-6,8-11,13H,2-4,7,16H2,1H3;2*1H. The predicted molar refractivity (Wildman–Crippen MR) is 96.0 cm³/mol. The van der Waals surface area contributed by atoms with Gasteiger partial charge in [-0.1, -0.05) is 0 Å². The summed E-state index contributed by atoms with van der Waals surface area (Å²) in [7, 11) is 0. The minimum atomic E-state index is -0.0216. The number of aromatic nitrogens is 4. The van der Waals surface area contributed by atoms with Gasteiger partial charge < -0.3 is 10.6 Å². The molecule has 0 radical (unpaired) electrons. The van der Waals surface area contributed by atoms with Crippen molar-refractivity contribution in [2.45, 2.75) is 38.3 Å². The van der Waals surface area contributed by atoms with Gasteiger partial charge in [0.2, 0.25) is 0 Å². The number of rotatable bonds is 3. The first-order chi connectivity index (χ1) is 10.7. The molecule has 1 aliphatic rings. The van der Waals surface area contributed by atoms with Crippen molar-refractivity contribution in [2.24, 2.45) is 5.73 Å². The Morgan fingerprint density at radius 1 is 1.33 bits per heavy atom. The third-order valence-corrected chi connectivity index (χ3v) is 4.07. The molecule has 2 unspecified atom stereocenters. The van der Waals surface area contributed by atoms with E-state index >= 15 is 0 Å². The molecule has 1 amide bonds.